The number of nitrogens with zero attached hydrogens (tertiary/aromatic N) is 2. The SMILES string of the molecule is CC=Nc1ncc[nH]c1=O. The quantitative estimate of drug-likeness (QED) is 0.573. The van der Waals surface area contributed by atoms with Gasteiger partial charge in [-0.25, -0.2) is 9.98 Å². The molecule has 0 saturated carbocycles. The van der Waals surface area contributed by atoms with Gasteiger partial charge in [-0.3, -0.25) is 4.79 Å². The smallest absolute Gasteiger partial charge is 0.293 e. The van der Waals surface area contributed by atoms with Crippen molar-refractivity contribution in [2.75, 3.05) is 0 Å². The summed E-state index contributed by atoms with van der Waals surface area (Å²) in [6, 6.07) is 0. The third-order valence-electron chi connectivity index (χ3n) is 0.940. The van der Waals surface area contributed by atoms with E-state index in [1.165, 1.54) is 18.6 Å². The molecule has 0 amide bonds. The lowest BCUT2D eigenvalue weighted by Gasteiger charge is -1.85. The molecule has 0 bridgehead atoms. The van der Waals surface area contributed by atoms with E-state index in [0.29, 0.717) is 0 Å². The molecule has 0 aliphatic heterocycles. The summed E-state index contributed by atoms with van der Waals surface area (Å²) in [6.45, 7) is 1.73. The third kappa shape index (κ3) is 1.28. The van der Waals surface area contributed by atoms with Crippen molar-refractivity contribution in [1.82, 2.24) is 9.97 Å². The van der Waals surface area contributed by atoms with Crippen molar-refractivity contribution in [1.29, 1.82) is 0 Å². The second-order valence-electron chi connectivity index (χ2n) is 1.63. The molecule has 0 aliphatic carbocycles. The number of aliphatic imine (C=N–C) groups is 1. The molecular weight excluding hydrogens is 130 g/mol. The van der Waals surface area contributed by atoms with Crippen molar-refractivity contribution in [3.8, 4) is 0 Å². The van der Waals surface area contributed by atoms with E-state index < -0.39 is 0 Å². The van der Waals surface area contributed by atoms with E-state index in [1.54, 1.807) is 6.92 Å². The Kier molecular flexibility index (Phi) is 1.94. The second kappa shape index (κ2) is 2.91. The Bertz CT molecular complexity index is 289. The molecule has 4 heteroatoms. The van der Waals surface area contributed by atoms with Crippen LogP contribution in [0.15, 0.2) is 22.2 Å². The highest BCUT2D eigenvalue weighted by Gasteiger charge is 1.91. The van der Waals surface area contributed by atoms with Crippen LogP contribution in [0.3, 0.4) is 0 Å². The minimum atomic E-state index is -0.263. The Morgan fingerprint density at radius 1 is 1.80 bits per heavy atom. The van der Waals surface area contributed by atoms with Crippen LogP contribution in [-0.4, -0.2) is 16.2 Å². The standard InChI is InChI=1S/C6H7N3O/c1-2-7-5-6(10)9-4-3-8-5/h2-4H,1H3,(H,9,10). The molecule has 1 N–H and O–H groups in total. The monoisotopic (exact) mass is 137 g/mol. The van der Waals surface area contributed by atoms with E-state index in [9.17, 15) is 4.79 Å². The molecule has 1 heterocycles. The van der Waals surface area contributed by atoms with Gasteiger partial charge in [0.15, 0.2) is 0 Å². The Hall–Kier alpha value is -1.45. The Labute approximate surface area is 57.7 Å². The minimum absolute atomic E-state index is 0.199. The normalized spacial score (nSPS) is 10.5. The maximum atomic E-state index is 10.8. The highest BCUT2D eigenvalue weighted by molar-refractivity contribution is 5.57. The van der Waals surface area contributed by atoms with Gasteiger partial charge >= 0.3 is 0 Å². The van der Waals surface area contributed by atoms with Crippen molar-refractivity contribution in [3.63, 3.8) is 0 Å². The Morgan fingerprint density at radius 3 is 3.20 bits per heavy atom. The lowest BCUT2D eigenvalue weighted by atomic mass is 10.6. The summed E-state index contributed by atoms with van der Waals surface area (Å²) >= 11 is 0. The zero-order valence-electron chi connectivity index (χ0n) is 5.53. The van der Waals surface area contributed by atoms with Crippen LogP contribution in [0.1, 0.15) is 6.92 Å². The van der Waals surface area contributed by atoms with Gasteiger partial charge in [-0.05, 0) is 6.92 Å². The van der Waals surface area contributed by atoms with Crippen LogP contribution in [0.2, 0.25) is 0 Å². The molecule has 0 fully saturated rings. The van der Waals surface area contributed by atoms with Crippen molar-refractivity contribution in [2.45, 2.75) is 6.92 Å². The largest absolute Gasteiger partial charge is 0.324 e. The molecule has 0 atom stereocenters. The summed E-state index contributed by atoms with van der Waals surface area (Å²) in [5.41, 5.74) is -0.263. The molecular formula is C6H7N3O. The lowest BCUT2D eigenvalue weighted by molar-refractivity contribution is 1.12. The van der Waals surface area contributed by atoms with Gasteiger partial charge in [-0.15, -0.1) is 0 Å². The maximum absolute atomic E-state index is 10.8. The molecule has 1 aromatic rings. The fourth-order valence-corrected chi connectivity index (χ4v) is 0.558. The summed E-state index contributed by atoms with van der Waals surface area (Å²) in [5.74, 6) is 0.199. The first-order valence-corrected chi connectivity index (χ1v) is 2.87. The number of aromatic nitrogens is 2. The predicted molar refractivity (Wildman–Crippen MR) is 38.7 cm³/mol. The highest BCUT2D eigenvalue weighted by Crippen LogP contribution is 1.92. The molecule has 0 aromatic carbocycles. The predicted octanol–water partition coefficient (Wildman–Crippen LogP) is 0.492. The van der Waals surface area contributed by atoms with Crippen LogP contribution in [0.5, 0.6) is 0 Å². The maximum Gasteiger partial charge on any atom is 0.293 e. The van der Waals surface area contributed by atoms with E-state index in [4.69, 9.17) is 0 Å². The van der Waals surface area contributed by atoms with Gasteiger partial charge in [0.25, 0.3) is 5.56 Å². The zero-order valence-corrected chi connectivity index (χ0v) is 5.53. The summed E-state index contributed by atoms with van der Waals surface area (Å²) in [4.78, 5) is 20.7. The fraction of sp³-hybridized carbons (Fsp3) is 0.167. The van der Waals surface area contributed by atoms with Crippen LogP contribution in [0, 0.1) is 0 Å². The molecule has 0 aliphatic rings. The van der Waals surface area contributed by atoms with Crippen LogP contribution in [-0.2, 0) is 0 Å². The first kappa shape index (κ1) is 6.67. The van der Waals surface area contributed by atoms with Gasteiger partial charge in [-0.1, -0.05) is 0 Å². The van der Waals surface area contributed by atoms with Crippen LogP contribution in [0.25, 0.3) is 0 Å². The number of rotatable bonds is 1. The van der Waals surface area contributed by atoms with E-state index in [-0.39, 0.29) is 11.4 Å². The molecule has 0 radical (unpaired) electrons. The Balaban J connectivity index is 3.16. The fourth-order valence-electron chi connectivity index (χ4n) is 0.558. The molecule has 0 unspecified atom stereocenters. The first-order valence-electron chi connectivity index (χ1n) is 2.87. The van der Waals surface area contributed by atoms with E-state index in [1.807, 2.05) is 0 Å². The van der Waals surface area contributed by atoms with Crippen molar-refractivity contribution in [3.05, 3.63) is 22.7 Å². The van der Waals surface area contributed by atoms with Crippen LogP contribution >= 0.6 is 0 Å². The molecule has 4 nitrogen and oxygen atoms in total. The van der Waals surface area contributed by atoms with Crippen molar-refractivity contribution in [2.24, 2.45) is 4.99 Å². The van der Waals surface area contributed by atoms with Gasteiger partial charge < -0.3 is 4.98 Å². The molecule has 1 rings (SSSR count). The third-order valence-corrected chi connectivity index (χ3v) is 0.940. The number of aromatic amines is 1. The minimum Gasteiger partial charge on any atom is -0.324 e. The number of hydrogen-bond acceptors (Lipinski definition) is 3. The molecule has 10 heavy (non-hydrogen) atoms. The summed E-state index contributed by atoms with van der Waals surface area (Å²) in [7, 11) is 0. The molecule has 0 saturated heterocycles. The Morgan fingerprint density at radius 2 is 2.60 bits per heavy atom. The zero-order chi connectivity index (χ0) is 7.40. The summed E-state index contributed by atoms with van der Waals surface area (Å²) in [5, 5.41) is 0. The van der Waals surface area contributed by atoms with Gasteiger partial charge in [0.05, 0.1) is 0 Å². The number of H-pyrrole nitrogens is 1. The molecule has 1 aromatic heterocycles. The van der Waals surface area contributed by atoms with Gasteiger partial charge in [0, 0.05) is 18.6 Å². The van der Waals surface area contributed by atoms with Crippen molar-refractivity contribution >= 4 is 12.0 Å². The van der Waals surface area contributed by atoms with Gasteiger partial charge in [0.1, 0.15) is 0 Å². The summed E-state index contributed by atoms with van der Waals surface area (Å²) in [6.07, 6.45) is 4.48. The van der Waals surface area contributed by atoms with Crippen LogP contribution in [0.4, 0.5) is 5.82 Å². The lowest BCUT2D eigenvalue weighted by Crippen LogP contribution is -2.04. The van der Waals surface area contributed by atoms with Crippen LogP contribution < -0.4 is 5.56 Å². The molecule has 0 spiro atoms. The first-order chi connectivity index (χ1) is 4.84. The number of nitrogens with one attached hydrogen (secondary N) is 1. The highest BCUT2D eigenvalue weighted by atomic mass is 16.1. The van der Waals surface area contributed by atoms with Crippen molar-refractivity contribution < 1.29 is 0 Å². The van der Waals surface area contributed by atoms with E-state index in [0.717, 1.165) is 0 Å². The average molecular weight is 137 g/mol. The molecule has 52 valence electrons. The average Bonchev–Trinajstić information content (AvgIpc) is 1.94. The van der Waals surface area contributed by atoms with Gasteiger partial charge in [-0.2, -0.15) is 0 Å². The second-order valence-corrected chi connectivity index (χ2v) is 1.63. The summed E-state index contributed by atoms with van der Waals surface area (Å²) < 4.78 is 0. The van der Waals surface area contributed by atoms with Gasteiger partial charge in [0.2, 0.25) is 5.82 Å². The number of hydrogen-bond donors (Lipinski definition) is 1. The van der Waals surface area contributed by atoms with E-state index in [2.05, 4.69) is 15.0 Å². The topological polar surface area (TPSA) is 58.1 Å². The van der Waals surface area contributed by atoms with E-state index >= 15 is 0 Å².